The summed E-state index contributed by atoms with van der Waals surface area (Å²) in [6.45, 7) is 6.02. The Bertz CT molecular complexity index is 1800. The number of hydrogen-bond donors (Lipinski definition) is 3. The number of anilines is 5. The number of ether oxygens (including phenoxy) is 1. The van der Waals surface area contributed by atoms with Crippen molar-refractivity contribution in [2.24, 2.45) is 0 Å². The maximum absolute atomic E-state index is 13.0. The van der Waals surface area contributed by atoms with E-state index in [4.69, 9.17) is 9.84 Å². The molecule has 1 fully saturated rings. The van der Waals surface area contributed by atoms with E-state index in [2.05, 4.69) is 53.3 Å². The Morgan fingerprint density at radius 3 is 2.67 bits per heavy atom. The zero-order valence-corrected chi connectivity index (χ0v) is 22.5. The first kappa shape index (κ1) is 24.3. The highest BCUT2D eigenvalue weighted by atomic mass is 16.5. The van der Waals surface area contributed by atoms with Crippen LogP contribution in [0.3, 0.4) is 0 Å². The van der Waals surface area contributed by atoms with E-state index in [1.165, 1.54) is 5.69 Å². The predicted molar refractivity (Wildman–Crippen MR) is 155 cm³/mol. The first-order valence-electron chi connectivity index (χ1n) is 13.3. The molecule has 7 rings (SSSR count). The molecule has 6 heterocycles. The molecule has 11 heteroatoms. The Balaban J connectivity index is 1.31. The van der Waals surface area contributed by atoms with E-state index >= 15 is 0 Å². The molecule has 4 aromatic heterocycles. The Hall–Kier alpha value is -4.77. The average molecular weight is 536 g/mol. The summed E-state index contributed by atoms with van der Waals surface area (Å²) in [5.41, 5.74) is 8.00. The predicted octanol–water partition coefficient (Wildman–Crippen LogP) is 4.59. The van der Waals surface area contributed by atoms with Gasteiger partial charge in [-0.3, -0.25) is 9.48 Å². The van der Waals surface area contributed by atoms with Gasteiger partial charge in [0.2, 0.25) is 5.95 Å². The van der Waals surface area contributed by atoms with Crippen LogP contribution in [0.4, 0.5) is 28.8 Å². The third-order valence-electron chi connectivity index (χ3n) is 7.47. The van der Waals surface area contributed by atoms with Gasteiger partial charge in [0.15, 0.2) is 0 Å². The Labute approximate surface area is 230 Å². The van der Waals surface area contributed by atoms with Gasteiger partial charge < -0.3 is 25.3 Å². The Morgan fingerprint density at radius 2 is 1.88 bits per heavy atom. The fourth-order valence-electron chi connectivity index (χ4n) is 5.77. The van der Waals surface area contributed by atoms with Gasteiger partial charge in [-0.1, -0.05) is 12.1 Å². The van der Waals surface area contributed by atoms with E-state index in [0.717, 1.165) is 46.9 Å². The van der Waals surface area contributed by atoms with Crippen LogP contribution in [0.25, 0.3) is 22.0 Å². The molecule has 1 saturated heterocycles. The molecule has 0 amide bonds. The van der Waals surface area contributed by atoms with Crippen LogP contribution < -0.4 is 21.1 Å². The summed E-state index contributed by atoms with van der Waals surface area (Å²) in [5.74, 6) is 0.986. The van der Waals surface area contributed by atoms with Crippen molar-refractivity contribution in [1.82, 2.24) is 29.7 Å². The van der Waals surface area contributed by atoms with Gasteiger partial charge in [0.05, 0.1) is 59.0 Å². The van der Waals surface area contributed by atoms with E-state index in [9.17, 15) is 4.79 Å². The minimum atomic E-state index is -0.220. The minimum absolute atomic E-state index is 0.220. The van der Waals surface area contributed by atoms with Crippen molar-refractivity contribution in [3.63, 3.8) is 0 Å². The summed E-state index contributed by atoms with van der Waals surface area (Å²) in [4.78, 5) is 31.7. The molecule has 0 spiro atoms. The van der Waals surface area contributed by atoms with Crippen molar-refractivity contribution in [2.45, 2.75) is 32.9 Å². The second-order valence-electron chi connectivity index (χ2n) is 10.4. The molecular weight excluding hydrogens is 506 g/mol. The molecule has 0 bridgehead atoms. The Morgan fingerprint density at radius 1 is 1.02 bits per heavy atom. The highest BCUT2D eigenvalue weighted by molar-refractivity contribution is 5.98. The highest BCUT2D eigenvalue weighted by Gasteiger charge is 2.30. The van der Waals surface area contributed by atoms with Crippen LogP contribution in [-0.4, -0.2) is 50.0 Å². The minimum Gasteiger partial charge on any atom is -0.379 e. The van der Waals surface area contributed by atoms with Gasteiger partial charge in [0.1, 0.15) is 5.82 Å². The van der Waals surface area contributed by atoms with Crippen LogP contribution in [0.5, 0.6) is 0 Å². The second kappa shape index (κ2) is 9.45. The van der Waals surface area contributed by atoms with Crippen molar-refractivity contribution in [3.8, 4) is 11.1 Å². The number of aryl methyl sites for hydroxylation is 2. The van der Waals surface area contributed by atoms with Crippen LogP contribution in [0, 0.1) is 13.8 Å². The highest BCUT2D eigenvalue weighted by Crippen LogP contribution is 2.45. The number of H-pyrrole nitrogens is 1. The monoisotopic (exact) mass is 535 g/mol. The van der Waals surface area contributed by atoms with Crippen molar-refractivity contribution < 1.29 is 4.74 Å². The van der Waals surface area contributed by atoms with Crippen molar-refractivity contribution in [2.75, 3.05) is 35.8 Å². The molecule has 0 saturated carbocycles. The summed E-state index contributed by atoms with van der Waals surface area (Å²) in [7, 11) is 2.08. The molecule has 2 aliphatic rings. The molecule has 11 nitrogen and oxygen atoms in total. The number of pyridine rings is 2. The molecule has 0 unspecified atom stereocenters. The zero-order chi connectivity index (χ0) is 27.4. The first-order chi connectivity index (χ1) is 19.4. The second-order valence-corrected chi connectivity index (χ2v) is 10.4. The summed E-state index contributed by atoms with van der Waals surface area (Å²) >= 11 is 0. The van der Waals surface area contributed by atoms with Crippen molar-refractivity contribution in [3.05, 3.63) is 76.2 Å². The van der Waals surface area contributed by atoms with Crippen LogP contribution in [0.2, 0.25) is 0 Å². The van der Waals surface area contributed by atoms with Gasteiger partial charge in [0.25, 0.3) is 5.56 Å². The van der Waals surface area contributed by atoms with E-state index in [1.807, 2.05) is 44.3 Å². The summed E-state index contributed by atoms with van der Waals surface area (Å²) in [6.07, 6.45) is 4.53. The number of nitrogens with zero attached hydrogens (tertiary/aromatic N) is 6. The van der Waals surface area contributed by atoms with Gasteiger partial charge in [-0.05, 0) is 38.5 Å². The lowest BCUT2D eigenvalue weighted by Gasteiger charge is -2.31. The number of aromatic amines is 1. The average Bonchev–Trinajstić information content (AvgIpc) is 3.58. The first-order valence-corrected chi connectivity index (χ1v) is 13.3. The topological polar surface area (TPSA) is 126 Å². The van der Waals surface area contributed by atoms with E-state index in [-0.39, 0.29) is 11.6 Å². The molecular formula is C29H29N9O2. The smallest absolute Gasteiger partial charge is 0.259 e. The standard InChI is InChI=1S/C29H29N9O2/c1-16-11-17(2)33-29(32-16)36-25-12-23(26-21(35-25)7-9-30-28(26)39)34-22-6-4-5-19-20-13-31-38(18-8-10-40-15-18)24(20)14-37(3)27(19)22/h4-7,9,11-13,18H,8,10,14-15H2,1-3H3,(H,30,39)(H2,32,33,34,35,36)/t18-/m1/s1. The summed E-state index contributed by atoms with van der Waals surface area (Å²) < 4.78 is 7.76. The molecule has 5 aromatic rings. The number of para-hydroxylation sites is 1. The van der Waals surface area contributed by atoms with Gasteiger partial charge >= 0.3 is 0 Å². The number of fused-ring (bicyclic) bond motifs is 4. The zero-order valence-electron chi connectivity index (χ0n) is 22.5. The fraction of sp³-hybridized carbons (Fsp3) is 0.276. The van der Waals surface area contributed by atoms with Crippen LogP contribution >= 0.6 is 0 Å². The van der Waals surface area contributed by atoms with Gasteiger partial charge in [0, 0.05) is 48.4 Å². The molecule has 3 N–H and O–H groups in total. The van der Waals surface area contributed by atoms with Crippen molar-refractivity contribution in [1.29, 1.82) is 0 Å². The largest absolute Gasteiger partial charge is 0.379 e. The summed E-state index contributed by atoms with van der Waals surface area (Å²) in [5, 5.41) is 12.0. The van der Waals surface area contributed by atoms with E-state index in [1.54, 1.807) is 12.3 Å². The lowest BCUT2D eigenvalue weighted by molar-refractivity contribution is 0.184. The van der Waals surface area contributed by atoms with Crippen molar-refractivity contribution >= 4 is 39.7 Å². The molecule has 40 heavy (non-hydrogen) atoms. The normalized spacial score (nSPS) is 16.2. The number of aromatic nitrogens is 6. The van der Waals surface area contributed by atoms with Crippen LogP contribution in [0.1, 0.15) is 29.5 Å². The molecule has 1 atom stereocenters. The van der Waals surface area contributed by atoms with E-state index < -0.39 is 0 Å². The quantitative estimate of drug-likeness (QED) is 0.296. The third-order valence-corrected chi connectivity index (χ3v) is 7.47. The lowest BCUT2D eigenvalue weighted by Crippen LogP contribution is -2.26. The van der Waals surface area contributed by atoms with Gasteiger partial charge in [-0.2, -0.15) is 5.10 Å². The third kappa shape index (κ3) is 4.15. The molecule has 0 radical (unpaired) electrons. The maximum Gasteiger partial charge on any atom is 0.259 e. The van der Waals surface area contributed by atoms with E-state index in [0.29, 0.717) is 41.5 Å². The molecule has 1 aromatic carbocycles. The molecule has 0 aliphatic carbocycles. The van der Waals surface area contributed by atoms with Crippen LogP contribution in [-0.2, 0) is 11.3 Å². The number of nitrogens with one attached hydrogen (secondary N) is 3. The summed E-state index contributed by atoms with van der Waals surface area (Å²) in [6, 6.07) is 12.0. The fourth-order valence-corrected chi connectivity index (χ4v) is 5.77. The number of rotatable bonds is 5. The number of hydrogen-bond acceptors (Lipinski definition) is 9. The Kier molecular flexibility index (Phi) is 5.74. The maximum atomic E-state index is 13.0. The lowest BCUT2D eigenvalue weighted by atomic mass is 9.97. The molecule has 202 valence electrons. The molecule has 2 aliphatic heterocycles. The van der Waals surface area contributed by atoms with Gasteiger partial charge in [-0.25, -0.2) is 15.0 Å². The van der Waals surface area contributed by atoms with Crippen LogP contribution in [0.15, 0.2) is 53.6 Å². The van der Waals surface area contributed by atoms with Gasteiger partial charge in [-0.15, -0.1) is 0 Å². The number of benzene rings is 1. The SMILES string of the molecule is Cc1cc(C)nc(Nc2cc(Nc3cccc4c3N(C)Cc3c-4cnn3[C@@H]3CCOC3)c3c(=O)[nH]ccc3n2)n1.